The van der Waals surface area contributed by atoms with Gasteiger partial charge < -0.3 is 15.0 Å². The van der Waals surface area contributed by atoms with E-state index in [0.717, 1.165) is 0 Å². The summed E-state index contributed by atoms with van der Waals surface area (Å²) in [6.45, 7) is 1.35. The Balaban J connectivity index is 1.61. The third-order valence-corrected chi connectivity index (χ3v) is 6.14. The lowest BCUT2D eigenvalue weighted by Gasteiger charge is -2.33. The van der Waals surface area contributed by atoms with Crippen LogP contribution in [0.2, 0.25) is 10.0 Å². The fraction of sp³-hybridized carbons (Fsp3) is 0.333. The molecule has 0 saturated carbocycles. The average molecular weight is 459 g/mol. The average Bonchev–Trinajstić information content (AvgIpc) is 2.68. The Morgan fingerprint density at radius 2 is 1.90 bits per heavy atom. The molecule has 0 bridgehead atoms. The largest absolute Gasteiger partial charge is 0.435 e. The molecule has 1 aliphatic rings. The molecule has 156 valence electrons. The third kappa shape index (κ3) is 5.72. The molecule has 3 rings (SSSR count). The van der Waals surface area contributed by atoms with Gasteiger partial charge in [-0.25, -0.2) is 13.4 Å². The Kier molecular flexibility index (Phi) is 6.84. The van der Waals surface area contributed by atoms with E-state index in [1.165, 1.54) is 22.8 Å². The van der Waals surface area contributed by atoms with E-state index < -0.39 is 10.0 Å². The highest BCUT2D eigenvalue weighted by Crippen LogP contribution is 2.33. The summed E-state index contributed by atoms with van der Waals surface area (Å²) in [5.41, 5.74) is 0.600. The first kappa shape index (κ1) is 21.6. The maximum atomic E-state index is 12.5. The third-order valence-electron chi connectivity index (χ3n) is 4.36. The number of pyridine rings is 1. The van der Waals surface area contributed by atoms with Crippen molar-refractivity contribution in [1.29, 1.82) is 0 Å². The number of sulfonamides is 1. The van der Waals surface area contributed by atoms with Gasteiger partial charge in [0.05, 0.1) is 23.5 Å². The second-order valence-electron chi connectivity index (χ2n) is 6.44. The fourth-order valence-corrected chi connectivity index (χ4v) is 4.08. The lowest BCUT2D eigenvalue weighted by atomic mass is 10.3. The number of anilines is 1. The highest BCUT2D eigenvalue weighted by Gasteiger charge is 2.25. The van der Waals surface area contributed by atoms with Crippen LogP contribution in [-0.4, -0.2) is 67.5 Å². The smallest absolute Gasteiger partial charge is 0.241 e. The highest BCUT2D eigenvalue weighted by atomic mass is 35.5. The number of nitrogens with one attached hydrogen (secondary N) is 1. The van der Waals surface area contributed by atoms with E-state index in [4.69, 9.17) is 27.9 Å². The fourth-order valence-electron chi connectivity index (χ4n) is 2.83. The maximum absolute atomic E-state index is 12.5. The van der Waals surface area contributed by atoms with Gasteiger partial charge in [-0.3, -0.25) is 4.79 Å². The van der Waals surface area contributed by atoms with Crippen LogP contribution in [0.25, 0.3) is 0 Å². The first-order chi connectivity index (χ1) is 13.7. The van der Waals surface area contributed by atoms with E-state index >= 15 is 0 Å². The molecule has 2 heterocycles. The number of hydrogen-bond acceptors (Lipinski definition) is 6. The number of rotatable bonds is 6. The molecular formula is C18H20Cl2N4O4S. The lowest BCUT2D eigenvalue weighted by Crippen LogP contribution is -2.51. The van der Waals surface area contributed by atoms with Gasteiger partial charge in [-0.1, -0.05) is 35.3 Å². The molecule has 1 amide bonds. The van der Waals surface area contributed by atoms with Crippen LogP contribution in [0.15, 0.2) is 36.5 Å². The number of aromatic nitrogens is 1. The van der Waals surface area contributed by atoms with Crippen molar-refractivity contribution in [2.75, 3.05) is 44.3 Å². The van der Waals surface area contributed by atoms with Crippen LogP contribution < -0.4 is 10.1 Å². The minimum atomic E-state index is -3.23. The Hall–Kier alpha value is -2.07. The predicted octanol–water partition coefficient (Wildman–Crippen LogP) is 2.70. The number of nitrogens with zero attached hydrogens (tertiary/aromatic N) is 3. The van der Waals surface area contributed by atoms with Crippen molar-refractivity contribution in [2.24, 2.45) is 0 Å². The summed E-state index contributed by atoms with van der Waals surface area (Å²) in [7, 11) is -3.23. The van der Waals surface area contributed by atoms with Gasteiger partial charge in [0.1, 0.15) is 5.02 Å². The van der Waals surface area contributed by atoms with Crippen LogP contribution in [-0.2, 0) is 14.8 Å². The second-order valence-corrected chi connectivity index (χ2v) is 9.26. The molecule has 1 fully saturated rings. The van der Waals surface area contributed by atoms with Crippen LogP contribution in [0, 0.1) is 0 Å². The van der Waals surface area contributed by atoms with Crippen molar-refractivity contribution in [3.05, 3.63) is 46.6 Å². The minimum Gasteiger partial charge on any atom is -0.435 e. The summed E-state index contributed by atoms with van der Waals surface area (Å²) >= 11 is 12.0. The number of halogens is 2. The van der Waals surface area contributed by atoms with E-state index in [-0.39, 0.29) is 23.4 Å². The normalized spacial score (nSPS) is 15.2. The number of carbonyl (C=O) groups excluding carboxylic acids is 1. The van der Waals surface area contributed by atoms with Crippen LogP contribution >= 0.6 is 23.2 Å². The van der Waals surface area contributed by atoms with Crippen molar-refractivity contribution in [2.45, 2.75) is 0 Å². The zero-order chi connectivity index (χ0) is 21.0. The number of benzene rings is 1. The van der Waals surface area contributed by atoms with Crippen molar-refractivity contribution in [3.63, 3.8) is 0 Å². The van der Waals surface area contributed by atoms with E-state index in [1.807, 2.05) is 0 Å². The molecule has 1 N–H and O–H groups in total. The van der Waals surface area contributed by atoms with Gasteiger partial charge in [0.25, 0.3) is 0 Å². The predicted molar refractivity (Wildman–Crippen MR) is 112 cm³/mol. The molecule has 1 aliphatic heterocycles. The zero-order valence-corrected chi connectivity index (χ0v) is 18.0. The molecule has 2 aromatic rings. The summed E-state index contributed by atoms with van der Waals surface area (Å²) in [5.74, 6) is 0.531. The summed E-state index contributed by atoms with van der Waals surface area (Å²) in [6, 6.07) is 8.62. The van der Waals surface area contributed by atoms with Crippen LogP contribution in [0.5, 0.6) is 11.6 Å². The molecule has 8 nitrogen and oxygen atoms in total. The topological polar surface area (TPSA) is 91.8 Å². The minimum absolute atomic E-state index is 0.0427. The van der Waals surface area contributed by atoms with E-state index in [1.54, 1.807) is 29.2 Å². The SMILES string of the molecule is CS(=O)(=O)N1CCN(C(=O)CNc2ccccc2Oc2ncc(Cl)cc2Cl)CC1. The van der Waals surface area contributed by atoms with Crippen molar-refractivity contribution < 1.29 is 17.9 Å². The Bertz CT molecular complexity index is 995. The summed E-state index contributed by atoms with van der Waals surface area (Å²) in [4.78, 5) is 18.2. The first-order valence-corrected chi connectivity index (χ1v) is 11.4. The molecule has 29 heavy (non-hydrogen) atoms. The number of ether oxygens (including phenoxy) is 1. The van der Waals surface area contributed by atoms with Gasteiger partial charge in [-0.2, -0.15) is 4.31 Å². The zero-order valence-electron chi connectivity index (χ0n) is 15.6. The Morgan fingerprint density at radius 3 is 2.55 bits per heavy atom. The Morgan fingerprint density at radius 1 is 1.21 bits per heavy atom. The van der Waals surface area contributed by atoms with Gasteiger partial charge in [-0.05, 0) is 18.2 Å². The van der Waals surface area contributed by atoms with Crippen molar-refractivity contribution in [1.82, 2.24) is 14.2 Å². The van der Waals surface area contributed by atoms with Crippen LogP contribution in [0.4, 0.5) is 5.69 Å². The molecule has 0 atom stereocenters. The summed E-state index contributed by atoms with van der Waals surface area (Å²) in [6.07, 6.45) is 2.60. The molecule has 0 radical (unpaired) electrons. The van der Waals surface area contributed by atoms with Crippen LogP contribution in [0.3, 0.4) is 0 Å². The van der Waals surface area contributed by atoms with Gasteiger partial charge in [-0.15, -0.1) is 0 Å². The monoisotopic (exact) mass is 458 g/mol. The van der Waals surface area contributed by atoms with Crippen molar-refractivity contribution in [3.8, 4) is 11.6 Å². The quantitative estimate of drug-likeness (QED) is 0.715. The van der Waals surface area contributed by atoms with E-state index in [0.29, 0.717) is 42.6 Å². The number of hydrogen-bond donors (Lipinski definition) is 1. The van der Waals surface area contributed by atoms with Gasteiger partial charge >= 0.3 is 0 Å². The number of piperazine rings is 1. The molecule has 11 heteroatoms. The molecule has 1 saturated heterocycles. The summed E-state index contributed by atoms with van der Waals surface area (Å²) < 4.78 is 30.3. The van der Waals surface area contributed by atoms with Gasteiger partial charge in [0.2, 0.25) is 21.8 Å². The molecular weight excluding hydrogens is 439 g/mol. The number of para-hydroxylation sites is 2. The maximum Gasteiger partial charge on any atom is 0.241 e. The molecule has 0 spiro atoms. The van der Waals surface area contributed by atoms with Crippen LogP contribution in [0.1, 0.15) is 0 Å². The first-order valence-electron chi connectivity index (χ1n) is 8.79. The molecule has 1 aromatic heterocycles. The van der Waals surface area contributed by atoms with Crippen molar-refractivity contribution >= 4 is 44.8 Å². The molecule has 0 aliphatic carbocycles. The molecule has 1 aromatic carbocycles. The summed E-state index contributed by atoms with van der Waals surface area (Å²) in [5, 5.41) is 3.73. The highest BCUT2D eigenvalue weighted by molar-refractivity contribution is 7.88. The number of amides is 1. The van der Waals surface area contributed by atoms with Gasteiger partial charge in [0, 0.05) is 32.4 Å². The van der Waals surface area contributed by atoms with E-state index in [2.05, 4.69) is 10.3 Å². The molecule has 0 unspecified atom stereocenters. The second kappa shape index (κ2) is 9.17. The Labute approximate surface area is 179 Å². The van der Waals surface area contributed by atoms with Gasteiger partial charge in [0.15, 0.2) is 5.75 Å². The number of carbonyl (C=O) groups is 1. The van der Waals surface area contributed by atoms with E-state index in [9.17, 15) is 13.2 Å². The standard InChI is InChI=1S/C18H20Cl2N4O4S/c1-29(26,27)24-8-6-23(7-9-24)17(25)12-21-15-4-2-3-5-16(15)28-18-14(20)10-13(19)11-22-18/h2-5,10-11,21H,6-9,12H2,1H3. The lowest BCUT2D eigenvalue weighted by molar-refractivity contribution is -0.130.